The molecule has 2 aromatic carbocycles. The smallest absolute Gasteiger partial charge is 0.263 e. The molecule has 0 radical (unpaired) electrons. The lowest BCUT2D eigenvalue weighted by Crippen LogP contribution is -2.39. The van der Waals surface area contributed by atoms with Crippen molar-refractivity contribution in [2.45, 2.75) is 32.9 Å². The predicted molar refractivity (Wildman–Crippen MR) is 102 cm³/mol. The number of carbonyl (C=O) groups excluding carboxylic acids is 1. The molecular weight excluding hydrogens is 361 g/mol. The fourth-order valence-electron chi connectivity index (χ4n) is 2.67. The largest absolute Gasteiger partial charge is 0.478 e. The van der Waals surface area contributed by atoms with E-state index in [1.807, 2.05) is 31.2 Å². The molecule has 0 N–H and O–H groups in total. The first-order chi connectivity index (χ1) is 13.5. The van der Waals surface area contributed by atoms with Gasteiger partial charge in [-0.1, -0.05) is 54.0 Å². The van der Waals surface area contributed by atoms with Crippen molar-refractivity contribution >= 4 is 5.91 Å². The first-order valence-corrected chi connectivity index (χ1v) is 9.03. The average Bonchev–Trinajstić information content (AvgIpc) is 3.16. The molecule has 3 rings (SSSR count). The molecule has 146 valence electrons. The number of carbonyl (C=O) groups is 1. The van der Waals surface area contributed by atoms with Crippen LogP contribution in [0.2, 0.25) is 0 Å². The summed E-state index contributed by atoms with van der Waals surface area (Å²) >= 11 is 0. The zero-order valence-electron chi connectivity index (χ0n) is 16.1. The second-order valence-electron chi connectivity index (χ2n) is 6.52. The first kappa shape index (κ1) is 19.5. The Kier molecular flexibility index (Phi) is 6.03. The van der Waals surface area contributed by atoms with Gasteiger partial charge in [0, 0.05) is 12.6 Å². The number of halogens is 1. The first-order valence-electron chi connectivity index (χ1n) is 9.03. The highest BCUT2D eigenvalue weighted by molar-refractivity contribution is 5.81. The molecule has 0 spiro atoms. The van der Waals surface area contributed by atoms with E-state index in [1.165, 1.54) is 17.0 Å². The van der Waals surface area contributed by atoms with Crippen LogP contribution < -0.4 is 4.74 Å². The molecule has 6 nitrogen and oxygen atoms in total. The van der Waals surface area contributed by atoms with Crippen LogP contribution >= 0.6 is 0 Å². The van der Waals surface area contributed by atoms with E-state index in [1.54, 1.807) is 26.1 Å². The lowest BCUT2D eigenvalue weighted by molar-refractivity contribution is -0.138. The summed E-state index contributed by atoms with van der Waals surface area (Å²) in [4.78, 5) is 18.5. The standard InChI is InChI=1S/C21H22FN3O3/c1-4-17(27-18-8-6-5-7-16(18)22)21(26)25(3)13-19-23-20(24-28-19)15-11-9-14(2)10-12-15/h5-12,17H,4,13H2,1-3H3/t17-/m1/s1. The minimum absolute atomic E-state index is 0.0514. The van der Waals surface area contributed by atoms with Crippen molar-refractivity contribution < 1.29 is 18.4 Å². The van der Waals surface area contributed by atoms with Crippen molar-refractivity contribution in [1.82, 2.24) is 15.0 Å². The molecular formula is C21H22FN3O3. The summed E-state index contributed by atoms with van der Waals surface area (Å²) in [5.41, 5.74) is 1.97. The van der Waals surface area contributed by atoms with Crippen molar-refractivity contribution in [3.05, 3.63) is 65.8 Å². The summed E-state index contributed by atoms with van der Waals surface area (Å²) in [7, 11) is 1.62. The number of hydrogen-bond acceptors (Lipinski definition) is 5. The van der Waals surface area contributed by atoms with E-state index < -0.39 is 11.9 Å². The zero-order chi connectivity index (χ0) is 20.1. The van der Waals surface area contributed by atoms with Crippen LogP contribution in [0.5, 0.6) is 5.75 Å². The van der Waals surface area contributed by atoms with Crippen molar-refractivity contribution in [3.63, 3.8) is 0 Å². The maximum Gasteiger partial charge on any atom is 0.263 e. The highest BCUT2D eigenvalue weighted by Crippen LogP contribution is 2.20. The van der Waals surface area contributed by atoms with Crippen LogP contribution in [0, 0.1) is 12.7 Å². The second kappa shape index (κ2) is 8.65. The Balaban J connectivity index is 1.66. The van der Waals surface area contributed by atoms with Crippen molar-refractivity contribution in [2.75, 3.05) is 7.05 Å². The molecule has 1 aromatic heterocycles. The molecule has 0 fully saturated rings. The Hall–Kier alpha value is -3.22. The van der Waals surface area contributed by atoms with E-state index in [-0.39, 0.29) is 18.2 Å². The van der Waals surface area contributed by atoms with Gasteiger partial charge in [-0.25, -0.2) is 4.39 Å². The van der Waals surface area contributed by atoms with Crippen LogP contribution in [0.15, 0.2) is 53.1 Å². The molecule has 28 heavy (non-hydrogen) atoms. The van der Waals surface area contributed by atoms with E-state index in [2.05, 4.69) is 10.1 Å². The number of hydrogen-bond donors (Lipinski definition) is 0. The Morgan fingerprint density at radius 2 is 1.93 bits per heavy atom. The maximum absolute atomic E-state index is 13.8. The van der Waals surface area contributed by atoms with Crippen LogP contribution in [0.25, 0.3) is 11.4 Å². The van der Waals surface area contributed by atoms with Gasteiger partial charge in [-0.2, -0.15) is 4.98 Å². The van der Waals surface area contributed by atoms with Crippen LogP contribution in [-0.2, 0) is 11.3 Å². The van der Waals surface area contributed by atoms with Gasteiger partial charge in [0.2, 0.25) is 11.7 Å². The van der Waals surface area contributed by atoms with Crippen LogP contribution in [0.3, 0.4) is 0 Å². The van der Waals surface area contributed by atoms with Gasteiger partial charge in [-0.05, 0) is 25.5 Å². The van der Waals surface area contributed by atoms with Crippen molar-refractivity contribution in [1.29, 1.82) is 0 Å². The summed E-state index contributed by atoms with van der Waals surface area (Å²) in [6.45, 7) is 3.94. The van der Waals surface area contributed by atoms with Gasteiger partial charge >= 0.3 is 0 Å². The third kappa shape index (κ3) is 4.54. The minimum atomic E-state index is -0.804. The van der Waals surface area contributed by atoms with Crippen LogP contribution in [0.1, 0.15) is 24.8 Å². The summed E-state index contributed by atoms with van der Waals surface area (Å²) in [5, 5.41) is 3.97. The number of para-hydroxylation sites is 1. The molecule has 1 heterocycles. The van der Waals surface area contributed by atoms with Crippen LogP contribution in [-0.4, -0.2) is 34.1 Å². The Bertz CT molecular complexity index is 940. The molecule has 0 saturated carbocycles. The van der Waals surface area contributed by atoms with Crippen molar-refractivity contribution in [3.8, 4) is 17.1 Å². The summed E-state index contributed by atoms with van der Waals surface area (Å²) in [6, 6.07) is 13.8. The molecule has 3 aromatic rings. The van der Waals surface area contributed by atoms with Gasteiger partial charge in [-0.3, -0.25) is 4.79 Å². The Morgan fingerprint density at radius 1 is 1.21 bits per heavy atom. The molecule has 0 aliphatic heterocycles. The number of rotatable bonds is 7. The highest BCUT2D eigenvalue weighted by atomic mass is 19.1. The molecule has 0 aliphatic carbocycles. The normalized spacial score (nSPS) is 11.9. The maximum atomic E-state index is 13.8. The molecule has 1 atom stereocenters. The number of likely N-dealkylation sites (N-methyl/N-ethyl adjacent to an activating group) is 1. The summed E-state index contributed by atoms with van der Waals surface area (Å²) in [6.07, 6.45) is -0.406. The fraction of sp³-hybridized carbons (Fsp3) is 0.286. The lowest BCUT2D eigenvalue weighted by atomic mass is 10.1. The van der Waals surface area contributed by atoms with E-state index in [0.717, 1.165) is 11.1 Å². The average molecular weight is 383 g/mol. The van der Waals surface area contributed by atoms with E-state index in [4.69, 9.17) is 9.26 Å². The predicted octanol–water partition coefficient (Wildman–Crippen LogP) is 4.00. The van der Waals surface area contributed by atoms with Gasteiger partial charge in [-0.15, -0.1) is 0 Å². The Labute approximate surface area is 162 Å². The molecule has 0 unspecified atom stereocenters. The minimum Gasteiger partial charge on any atom is -0.478 e. The zero-order valence-corrected chi connectivity index (χ0v) is 16.1. The van der Waals surface area contributed by atoms with Gasteiger partial charge < -0.3 is 14.2 Å². The SMILES string of the molecule is CC[C@@H](Oc1ccccc1F)C(=O)N(C)Cc1nc(-c2ccc(C)cc2)no1. The topological polar surface area (TPSA) is 68.5 Å². The molecule has 0 saturated heterocycles. The van der Waals surface area contributed by atoms with Crippen molar-refractivity contribution in [2.24, 2.45) is 0 Å². The Morgan fingerprint density at radius 3 is 2.61 bits per heavy atom. The number of aryl methyl sites for hydroxylation is 1. The number of benzene rings is 2. The molecule has 7 heteroatoms. The van der Waals surface area contributed by atoms with Crippen LogP contribution in [0.4, 0.5) is 4.39 Å². The molecule has 0 aliphatic rings. The van der Waals surface area contributed by atoms with E-state index in [0.29, 0.717) is 18.1 Å². The molecule has 1 amide bonds. The highest BCUT2D eigenvalue weighted by Gasteiger charge is 2.25. The molecule has 0 bridgehead atoms. The summed E-state index contributed by atoms with van der Waals surface area (Å²) < 4.78 is 24.6. The third-order valence-electron chi connectivity index (χ3n) is 4.28. The van der Waals surface area contributed by atoms with Gasteiger partial charge in [0.15, 0.2) is 17.7 Å². The summed E-state index contributed by atoms with van der Waals surface area (Å²) in [5.74, 6) is 0.0325. The number of nitrogens with zero attached hydrogens (tertiary/aromatic N) is 3. The second-order valence-corrected chi connectivity index (χ2v) is 6.52. The van der Waals surface area contributed by atoms with Gasteiger partial charge in [0.25, 0.3) is 5.91 Å². The van der Waals surface area contributed by atoms with E-state index in [9.17, 15) is 9.18 Å². The van der Waals surface area contributed by atoms with Gasteiger partial charge in [0.05, 0.1) is 6.54 Å². The number of ether oxygens (including phenoxy) is 1. The number of amides is 1. The van der Waals surface area contributed by atoms with E-state index >= 15 is 0 Å². The quantitative estimate of drug-likeness (QED) is 0.617. The fourth-order valence-corrected chi connectivity index (χ4v) is 2.67. The number of aromatic nitrogens is 2. The lowest BCUT2D eigenvalue weighted by Gasteiger charge is -2.22. The monoisotopic (exact) mass is 383 g/mol. The van der Waals surface area contributed by atoms with Gasteiger partial charge in [0.1, 0.15) is 0 Å². The third-order valence-corrected chi connectivity index (χ3v) is 4.28.